The van der Waals surface area contributed by atoms with Gasteiger partial charge in [0.25, 0.3) is 0 Å². The van der Waals surface area contributed by atoms with Gasteiger partial charge in [0.15, 0.2) is 0 Å². The van der Waals surface area contributed by atoms with Gasteiger partial charge in [-0.2, -0.15) is 0 Å². The van der Waals surface area contributed by atoms with Crippen LogP contribution in [0.25, 0.3) is 0 Å². The highest BCUT2D eigenvalue weighted by Gasteiger charge is 2.01. The standard InChI is InChI=1S/C12H12BrNOS/c1-9-12(16-8-14-9)6-7-15-11-4-2-10(13)3-5-11/h2-5,8H,6-7H2,1H3. The molecule has 2 rings (SSSR count). The van der Waals surface area contributed by atoms with E-state index in [0.29, 0.717) is 6.61 Å². The summed E-state index contributed by atoms with van der Waals surface area (Å²) in [6, 6.07) is 7.88. The molecule has 0 aliphatic rings. The molecule has 0 saturated carbocycles. The molecule has 1 heterocycles. The number of aromatic nitrogens is 1. The Kier molecular flexibility index (Phi) is 3.96. The van der Waals surface area contributed by atoms with Gasteiger partial charge in [-0.15, -0.1) is 11.3 Å². The third-order valence-corrected chi connectivity index (χ3v) is 3.78. The summed E-state index contributed by atoms with van der Waals surface area (Å²) in [5.74, 6) is 0.908. The van der Waals surface area contributed by atoms with Gasteiger partial charge in [0.2, 0.25) is 0 Å². The van der Waals surface area contributed by atoms with Crippen LogP contribution >= 0.6 is 27.3 Å². The molecule has 0 atom stereocenters. The Balaban J connectivity index is 1.84. The van der Waals surface area contributed by atoms with Gasteiger partial charge in [-0.05, 0) is 31.2 Å². The van der Waals surface area contributed by atoms with Crippen LogP contribution in [-0.4, -0.2) is 11.6 Å². The maximum absolute atomic E-state index is 5.65. The molecule has 1 aromatic heterocycles. The molecule has 1 aromatic carbocycles. The summed E-state index contributed by atoms with van der Waals surface area (Å²) in [7, 11) is 0. The van der Waals surface area contributed by atoms with Crippen LogP contribution in [0.3, 0.4) is 0 Å². The molecule has 0 saturated heterocycles. The summed E-state index contributed by atoms with van der Waals surface area (Å²) in [5, 5.41) is 0. The predicted molar refractivity (Wildman–Crippen MR) is 70.2 cm³/mol. The van der Waals surface area contributed by atoms with Crippen molar-refractivity contribution < 1.29 is 4.74 Å². The highest BCUT2D eigenvalue weighted by molar-refractivity contribution is 9.10. The van der Waals surface area contributed by atoms with E-state index >= 15 is 0 Å². The molecule has 84 valence electrons. The molecule has 0 amide bonds. The first-order valence-electron chi connectivity index (χ1n) is 5.03. The van der Waals surface area contributed by atoms with Gasteiger partial charge >= 0.3 is 0 Å². The number of hydrogen-bond acceptors (Lipinski definition) is 3. The van der Waals surface area contributed by atoms with Gasteiger partial charge in [-0.25, -0.2) is 4.98 Å². The minimum absolute atomic E-state index is 0.699. The van der Waals surface area contributed by atoms with Crippen molar-refractivity contribution in [3.63, 3.8) is 0 Å². The minimum Gasteiger partial charge on any atom is -0.493 e. The van der Waals surface area contributed by atoms with Crippen LogP contribution in [0.2, 0.25) is 0 Å². The van der Waals surface area contributed by atoms with Crippen molar-refractivity contribution in [1.29, 1.82) is 0 Å². The molecule has 0 aliphatic heterocycles. The Labute approximate surface area is 107 Å². The molecule has 0 spiro atoms. The average Bonchev–Trinajstić information content (AvgIpc) is 2.68. The Morgan fingerprint density at radius 1 is 1.31 bits per heavy atom. The van der Waals surface area contributed by atoms with Crippen LogP contribution in [0, 0.1) is 6.92 Å². The summed E-state index contributed by atoms with van der Waals surface area (Å²) < 4.78 is 6.72. The average molecular weight is 298 g/mol. The summed E-state index contributed by atoms with van der Waals surface area (Å²) in [5.41, 5.74) is 2.99. The third-order valence-electron chi connectivity index (χ3n) is 2.26. The molecule has 0 fully saturated rings. The monoisotopic (exact) mass is 297 g/mol. The number of aryl methyl sites for hydroxylation is 1. The zero-order valence-electron chi connectivity index (χ0n) is 8.94. The Morgan fingerprint density at radius 2 is 2.06 bits per heavy atom. The number of halogens is 1. The summed E-state index contributed by atoms with van der Waals surface area (Å²) >= 11 is 5.08. The van der Waals surface area contributed by atoms with E-state index in [4.69, 9.17) is 4.74 Å². The maximum atomic E-state index is 5.65. The fourth-order valence-corrected chi connectivity index (χ4v) is 2.39. The maximum Gasteiger partial charge on any atom is 0.119 e. The fraction of sp³-hybridized carbons (Fsp3) is 0.250. The molecule has 16 heavy (non-hydrogen) atoms. The summed E-state index contributed by atoms with van der Waals surface area (Å²) in [6.45, 7) is 2.73. The van der Waals surface area contributed by atoms with Crippen LogP contribution in [0.5, 0.6) is 5.75 Å². The molecule has 0 N–H and O–H groups in total. The van der Waals surface area contributed by atoms with E-state index in [1.54, 1.807) is 11.3 Å². The van der Waals surface area contributed by atoms with Crippen LogP contribution in [0.4, 0.5) is 0 Å². The van der Waals surface area contributed by atoms with E-state index in [9.17, 15) is 0 Å². The lowest BCUT2D eigenvalue weighted by atomic mass is 10.3. The number of hydrogen-bond donors (Lipinski definition) is 0. The van der Waals surface area contributed by atoms with E-state index in [1.807, 2.05) is 36.7 Å². The van der Waals surface area contributed by atoms with E-state index in [-0.39, 0.29) is 0 Å². The summed E-state index contributed by atoms with van der Waals surface area (Å²) in [4.78, 5) is 5.51. The Morgan fingerprint density at radius 3 is 2.69 bits per heavy atom. The quantitative estimate of drug-likeness (QED) is 0.855. The van der Waals surface area contributed by atoms with Gasteiger partial charge in [-0.3, -0.25) is 0 Å². The van der Waals surface area contributed by atoms with Crippen molar-refractivity contribution in [3.8, 4) is 5.75 Å². The van der Waals surface area contributed by atoms with Crippen molar-refractivity contribution in [2.45, 2.75) is 13.3 Å². The van der Waals surface area contributed by atoms with Gasteiger partial charge < -0.3 is 4.74 Å². The van der Waals surface area contributed by atoms with Crippen LogP contribution < -0.4 is 4.74 Å². The van der Waals surface area contributed by atoms with Gasteiger partial charge in [-0.1, -0.05) is 15.9 Å². The fourth-order valence-electron chi connectivity index (χ4n) is 1.36. The predicted octanol–water partition coefficient (Wildman–Crippen LogP) is 3.84. The second-order valence-corrected chi connectivity index (χ2v) is 5.27. The largest absolute Gasteiger partial charge is 0.493 e. The lowest BCUT2D eigenvalue weighted by Gasteiger charge is -2.05. The van der Waals surface area contributed by atoms with Crippen LogP contribution in [-0.2, 0) is 6.42 Å². The van der Waals surface area contributed by atoms with Crippen LogP contribution in [0.15, 0.2) is 34.2 Å². The zero-order chi connectivity index (χ0) is 11.4. The van der Waals surface area contributed by atoms with Gasteiger partial charge in [0.05, 0.1) is 17.8 Å². The van der Waals surface area contributed by atoms with Crippen molar-refractivity contribution in [1.82, 2.24) is 4.98 Å². The van der Waals surface area contributed by atoms with E-state index in [1.165, 1.54) is 4.88 Å². The van der Waals surface area contributed by atoms with Crippen LogP contribution in [0.1, 0.15) is 10.6 Å². The lowest BCUT2D eigenvalue weighted by Crippen LogP contribution is -2.00. The number of rotatable bonds is 4. The smallest absolute Gasteiger partial charge is 0.119 e. The topological polar surface area (TPSA) is 22.1 Å². The number of benzene rings is 1. The number of nitrogens with zero attached hydrogens (tertiary/aromatic N) is 1. The van der Waals surface area contributed by atoms with Crippen molar-refractivity contribution in [2.75, 3.05) is 6.61 Å². The third kappa shape index (κ3) is 3.06. The molecular weight excluding hydrogens is 286 g/mol. The Hall–Kier alpha value is -0.870. The molecule has 0 unspecified atom stereocenters. The van der Waals surface area contributed by atoms with Crippen molar-refractivity contribution in [3.05, 3.63) is 44.8 Å². The molecule has 0 bridgehead atoms. The van der Waals surface area contributed by atoms with Crippen molar-refractivity contribution >= 4 is 27.3 Å². The molecule has 0 radical (unpaired) electrons. The molecule has 2 nitrogen and oxygen atoms in total. The number of ether oxygens (including phenoxy) is 1. The SMILES string of the molecule is Cc1ncsc1CCOc1ccc(Br)cc1. The first-order chi connectivity index (χ1) is 7.75. The van der Waals surface area contributed by atoms with E-state index in [0.717, 1.165) is 22.3 Å². The van der Waals surface area contributed by atoms with Gasteiger partial charge in [0, 0.05) is 15.8 Å². The molecule has 4 heteroatoms. The molecule has 2 aromatic rings. The normalized spacial score (nSPS) is 10.4. The zero-order valence-corrected chi connectivity index (χ0v) is 11.3. The first kappa shape index (κ1) is 11.6. The number of thiazole rings is 1. The minimum atomic E-state index is 0.699. The molecule has 0 aliphatic carbocycles. The highest BCUT2D eigenvalue weighted by atomic mass is 79.9. The highest BCUT2D eigenvalue weighted by Crippen LogP contribution is 2.17. The van der Waals surface area contributed by atoms with E-state index in [2.05, 4.69) is 20.9 Å². The summed E-state index contributed by atoms with van der Waals surface area (Å²) in [6.07, 6.45) is 0.923. The van der Waals surface area contributed by atoms with Gasteiger partial charge in [0.1, 0.15) is 5.75 Å². The van der Waals surface area contributed by atoms with Crippen molar-refractivity contribution in [2.24, 2.45) is 0 Å². The second kappa shape index (κ2) is 5.46. The lowest BCUT2D eigenvalue weighted by molar-refractivity contribution is 0.322. The Bertz CT molecular complexity index is 452. The second-order valence-electron chi connectivity index (χ2n) is 3.41. The molecular formula is C12H12BrNOS. The first-order valence-corrected chi connectivity index (χ1v) is 6.70. The van der Waals surface area contributed by atoms with E-state index < -0.39 is 0 Å².